The van der Waals surface area contributed by atoms with E-state index in [1.54, 1.807) is 23.2 Å². The highest BCUT2D eigenvalue weighted by atomic mass is 16.6. The SMILES string of the molecule is CC1CCN(Cc2ccc(C(=O)Nc3ccc(OC(=O)N4CCN(Cc5cccnc5)CC4)nc3)cc2)CC1. The maximum Gasteiger partial charge on any atom is 0.416 e. The molecule has 0 spiro atoms. The highest BCUT2D eigenvalue weighted by Gasteiger charge is 2.23. The molecule has 5 rings (SSSR count). The number of nitrogens with zero attached hydrogens (tertiary/aromatic N) is 5. The number of ether oxygens (including phenoxy) is 1. The second-order valence-electron chi connectivity index (χ2n) is 10.5. The summed E-state index contributed by atoms with van der Waals surface area (Å²) in [7, 11) is 0. The molecule has 2 amide bonds. The van der Waals surface area contributed by atoms with Gasteiger partial charge in [0.1, 0.15) is 0 Å². The van der Waals surface area contributed by atoms with Crippen LogP contribution < -0.4 is 10.1 Å². The lowest BCUT2D eigenvalue weighted by molar-refractivity contribution is 0.102. The molecule has 3 aromatic rings. The summed E-state index contributed by atoms with van der Waals surface area (Å²) in [6.45, 7) is 9.01. The number of hydrogen-bond donors (Lipinski definition) is 1. The van der Waals surface area contributed by atoms with Crippen LogP contribution in [0.25, 0.3) is 0 Å². The number of nitrogens with one attached hydrogen (secondary N) is 1. The van der Waals surface area contributed by atoms with E-state index in [1.165, 1.54) is 24.6 Å². The molecule has 0 unspecified atom stereocenters. The molecule has 9 nitrogen and oxygen atoms in total. The lowest BCUT2D eigenvalue weighted by Gasteiger charge is -2.33. The number of aromatic nitrogens is 2. The van der Waals surface area contributed by atoms with Gasteiger partial charge in [0.2, 0.25) is 5.88 Å². The summed E-state index contributed by atoms with van der Waals surface area (Å²) in [6, 6.07) is 15.0. The molecule has 1 aromatic carbocycles. The molecule has 4 heterocycles. The summed E-state index contributed by atoms with van der Waals surface area (Å²) in [5, 5.41) is 2.86. The molecular formula is C30H36N6O3. The molecule has 0 bridgehead atoms. The van der Waals surface area contributed by atoms with Crippen molar-refractivity contribution in [3.63, 3.8) is 0 Å². The van der Waals surface area contributed by atoms with Gasteiger partial charge in [-0.1, -0.05) is 25.1 Å². The largest absolute Gasteiger partial charge is 0.416 e. The number of benzene rings is 1. The molecule has 2 aliphatic heterocycles. The quantitative estimate of drug-likeness (QED) is 0.490. The van der Waals surface area contributed by atoms with Crippen LogP contribution in [0.15, 0.2) is 67.1 Å². The number of likely N-dealkylation sites (tertiary alicyclic amines) is 1. The van der Waals surface area contributed by atoms with Gasteiger partial charge in [-0.05, 0) is 67.2 Å². The zero-order chi connectivity index (χ0) is 27.0. The van der Waals surface area contributed by atoms with E-state index in [0.717, 1.165) is 50.7 Å². The number of hydrogen-bond acceptors (Lipinski definition) is 7. The minimum Gasteiger partial charge on any atom is -0.391 e. The highest BCUT2D eigenvalue weighted by Crippen LogP contribution is 2.19. The molecule has 0 atom stereocenters. The van der Waals surface area contributed by atoms with Crippen LogP contribution in [-0.4, -0.2) is 75.9 Å². The van der Waals surface area contributed by atoms with Crippen molar-refractivity contribution in [2.45, 2.75) is 32.9 Å². The fraction of sp³-hybridized carbons (Fsp3) is 0.400. The van der Waals surface area contributed by atoms with Gasteiger partial charge >= 0.3 is 6.09 Å². The van der Waals surface area contributed by atoms with E-state index < -0.39 is 6.09 Å². The molecule has 9 heteroatoms. The second-order valence-corrected chi connectivity index (χ2v) is 10.5. The minimum atomic E-state index is -0.417. The minimum absolute atomic E-state index is 0.201. The Kier molecular flexibility index (Phi) is 8.80. The number of piperidine rings is 1. The Labute approximate surface area is 229 Å². The molecule has 2 fully saturated rings. The first-order chi connectivity index (χ1) is 19.0. The van der Waals surface area contributed by atoms with Gasteiger partial charge in [-0.15, -0.1) is 0 Å². The lowest BCUT2D eigenvalue weighted by atomic mass is 9.99. The Morgan fingerprint density at radius 2 is 1.59 bits per heavy atom. The Morgan fingerprint density at radius 3 is 2.26 bits per heavy atom. The van der Waals surface area contributed by atoms with Crippen LogP contribution in [0.3, 0.4) is 0 Å². The van der Waals surface area contributed by atoms with E-state index in [4.69, 9.17) is 4.74 Å². The third kappa shape index (κ3) is 7.61. The van der Waals surface area contributed by atoms with Crippen molar-refractivity contribution in [3.05, 3.63) is 83.8 Å². The van der Waals surface area contributed by atoms with E-state index in [9.17, 15) is 9.59 Å². The zero-order valence-electron chi connectivity index (χ0n) is 22.5. The van der Waals surface area contributed by atoms with Crippen LogP contribution in [0.2, 0.25) is 0 Å². The first-order valence-corrected chi connectivity index (χ1v) is 13.7. The van der Waals surface area contributed by atoms with Gasteiger partial charge in [-0.2, -0.15) is 0 Å². The monoisotopic (exact) mass is 528 g/mol. The van der Waals surface area contributed by atoms with Gasteiger partial charge in [-0.25, -0.2) is 9.78 Å². The summed E-state index contributed by atoms with van der Waals surface area (Å²) in [6.07, 6.45) is 7.21. The molecule has 0 radical (unpaired) electrons. The Bertz CT molecular complexity index is 1220. The van der Waals surface area contributed by atoms with Crippen LogP contribution in [0.5, 0.6) is 5.88 Å². The van der Waals surface area contributed by atoms with E-state index in [2.05, 4.69) is 38.1 Å². The fourth-order valence-electron chi connectivity index (χ4n) is 4.95. The molecule has 2 saturated heterocycles. The predicted molar refractivity (Wildman–Crippen MR) is 149 cm³/mol. The van der Waals surface area contributed by atoms with Crippen LogP contribution >= 0.6 is 0 Å². The van der Waals surface area contributed by atoms with Crippen molar-refractivity contribution in [3.8, 4) is 5.88 Å². The molecule has 204 valence electrons. The van der Waals surface area contributed by atoms with Crippen molar-refractivity contribution in [2.24, 2.45) is 5.92 Å². The summed E-state index contributed by atoms with van der Waals surface area (Å²) < 4.78 is 5.46. The number of anilines is 1. The Hall–Kier alpha value is -3.82. The van der Waals surface area contributed by atoms with Crippen LogP contribution in [0.4, 0.5) is 10.5 Å². The van der Waals surface area contributed by atoms with Crippen LogP contribution in [0, 0.1) is 5.92 Å². The first-order valence-electron chi connectivity index (χ1n) is 13.7. The number of amides is 2. The normalized spacial score (nSPS) is 17.1. The zero-order valence-corrected chi connectivity index (χ0v) is 22.5. The van der Waals surface area contributed by atoms with Crippen molar-refractivity contribution >= 4 is 17.7 Å². The van der Waals surface area contributed by atoms with Gasteiger partial charge in [0.05, 0.1) is 11.9 Å². The molecule has 0 aliphatic carbocycles. The average Bonchev–Trinajstić information content (AvgIpc) is 2.96. The van der Waals surface area contributed by atoms with Gasteiger partial charge in [0.15, 0.2) is 0 Å². The lowest BCUT2D eigenvalue weighted by Crippen LogP contribution is -2.49. The van der Waals surface area contributed by atoms with Gasteiger partial charge in [0, 0.05) is 63.3 Å². The van der Waals surface area contributed by atoms with E-state index in [0.29, 0.717) is 24.3 Å². The van der Waals surface area contributed by atoms with Crippen molar-refractivity contribution in [2.75, 3.05) is 44.6 Å². The highest BCUT2D eigenvalue weighted by molar-refractivity contribution is 6.04. The van der Waals surface area contributed by atoms with Gasteiger partial charge < -0.3 is 15.0 Å². The van der Waals surface area contributed by atoms with E-state index >= 15 is 0 Å². The Morgan fingerprint density at radius 1 is 0.872 bits per heavy atom. The molecule has 2 aromatic heterocycles. The molecule has 1 N–H and O–H groups in total. The van der Waals surface area contributed by atoms with Crippen LogP contribution in [-0.2, 0) is 13.1 Å². The van der Waals surface area contributed by atoms with E-state index in [-0.39, 0.29) is 11.8 Å². The number of rotatable bonds is 7. The maximum atomic E-state index is 12.7. The van der Waals surface area contributed by atoms with Crippen molar-refractivity contribution < 1.29 is 14.3 Å². The number of carbonyl (C=O) groups excluding carboxylic acids is 2. The van der Waals surface area contributed by atoms with Crippen molar-refractivity contribution in [1.29, 1.82) is 0 Å². The topological polar surface area (TPSA) is 90.9 Å². The van der Waals surface area contributed by atoms with Crippen LogP contribution in [0.1, 0.15) is 41.3 Å². The third-order valence-corrected chi connectivity index (χ3v) is 7.44. The first kappa shape index (κ1) is 26.8. The molecule has 0 saturated carbocycles. The third-order valence-electron chi connectivity index (χ3n) is 7.44. The van der Waals surface area contributed by atoms with Gasteiger partial charge in [0.25, 0.3) is 5.91 Å². The smallest absolute Gasteiger partial charge is 0.391 e. The fourth-order valence-corrected chi connectivity index (χ4v) is 4.95. The standard InChI is InChI=1S/C30H36N6O3/c1-23-10-13-34(14-11-23)21-24-4-6-26(7-5-24)29(37)33-27-8-9-28(32-20-27)39-30(38)36-17-15-35(16-18-36)22-25-3-2-12-31-19-25/h2-9,12,19-20,23H,10-11,13-18,21-22H2,1H3,(H,33,37). The number of carbonyl (C=O) groups is 2. The maximum absolute atomic E-state index is 12.7. The molecular weight excluding hydrogens is 492 g/mol. The number of piperazine rings is 1. The summed E-state index contributed by atoms with van der Waals surface area (Å²) in [5.41, 5.74) is 3.49. The number of pyridine rings is 2. The molecule has 2 aliphatic rings. The molecule has 39 heavy (non-hydrogen) atoms. The van der Waals surface area contributed by atoms with Crippen molar-refractivity contribution in [1.82, 2.24) is 24.7 Å². The van der Waals surface area contributed by atoms with Gasteiger partial charge in [-0.3, -0.25) is 19.6 Å². The average molecular weight is 529 g/mol. The summed E-state index contributed by atoms with van der Waals surface area (Å²) in [4.78, 5) is 40.1. The Balaban J connectivity index is 1.06. The second kappa shape index (κ2) is 12.8. The summed E-state index contributed by atoms with van der Waals surface area (Å²) in [5.74, 6) is 0.809. The van der Waals surface area contributed by atoms with E-state index in [1.807, 2.05) is 36.5 Å². The predicted octanol–water partition coefficient (Wildman–Crippen LogP) is 4.28. The summed E-state index contributed by atoms with van der Waals surface area (Å²) >= 11 is 0.